The number of nitrogens with one attached hydrogen (secondary N) is 1. The van der Waals surface area contributed by atoms with Gasteiger partial charge in [0.1, 0.15) is 0 Å². The summed E-state index contributed by atoms with van der Waals surface area (Å²) in [5.74, 6) is -0.320. The number of nitrogens with zero attached hydrogens (tertiary/aromatic N) is 1. The molecule has 3 fully saturated rings. The summed E-state index contributed by atoms with van der Waals surface area (Å²) in [6, 6.07) is 6.28. The summed E-state index contributed by atoms with van der Waals surface area (Å²) in [5.41, 5.74) is -0.918. The number of para-hydroxylation sites is 1. The van der Waals surface area contributed by atoms with E-state index in [2.05, 4.69) is 10.2 Å². The van der Waals surface area contributed by atoms with Crippen molar-refractivity contribution in [2.24, 2.45) is 0 Å². The summed E-state index contributed by atoms with van der Waals surface area (Å²) in [4.78, 5) is 15.0. The minimum absolute atomic E-state index is 0.0638. The summed E-state index contributed by atoms with van der Waals surface area (Å²) in [6.07, 6.45) is 4.64. The highest BCUT2D eigenvalue weighted by molar-refractivity contribution is 5.89. The molecule has 2 aliphatic carbocycles. The molecular weight excluding hydrogens is 283 g/mol. The van der Waals surface area contributed by atoms with Gasteiger partial charge in [-0.25, -0.2) is 4.39 Å². The monoisotopic (exact) mass is 304 g/mol. The Morgan fingerprint density at radius 3 is 2.50 bits per heavy atom. The van der Waals surface area contributed by atoms with Crippen molar-refractivity contribution in [1.82, 2.24) is 10.2 Å². The first-order chi connectivity index (χ1) is 10.6. The van der Waals surface area contributed by atoms with Crippen molar-refractivity contribution in [3.8, 4) is 5.75 Å². The van der Waals surface area contributed by atoms with Crippen LogP contribution in [0, 0.1) is 5.82 Å². The van der Waals surface area contributed by atoms with Crippen LogP contribution < -0.4 is 10.1 Å². The molecular formula is C17H21FN2O2. The number of amides is 1. The summed E-state index contributed by atoms with van der Waals surface area (Å²) in [5, 5.41) is 3.18. The molecule has 0 radical (unpaired) electrons. The quantitative estimate of drug-likeness (QED) is 0.875. The largest absolute Gasteiger partial charge is 0.474 e. The van der Waals surface area contributed by atoms with Crippen molar-refractivity contribution in [3.05, 3.63) is 30.1 Å². The molecule has 118 valence electrons. The van der Waals surface area contributed by atoms with Gasteiger partial charge in [0, 0.05) is 19.4 Å². The predicted octanol–water partition coefficient (Wildman–Crippen LogP) is 2.09. The highest BCUT2D eigenvalue weighted by atomic mass is 19.1. The number of likely N-dealkylation sites (tertiary alicyclic amines) is 1. The van der Waals surface area contributed by atoms with E-state index in [1.54, 1.807) is 18.2 Å². The van der Waals surface area contributed by atoms with Crippen LogP contribution in [-0.4, -0.2) is 41.6 Å². The molecule has 4 rings (SSSR count). The van der Waals surface area contributed by atoms with E-state index in [1.807, 2.05) is 0 Å². The van der Waals surface area contributed by atoms with Gasteiger partial charge in [0.15, 0.2) is 17.2 Å². The van der Waals surface area contributed by atoms with Gasteiger partial charge in [-0.15, -0.1) is 0 Å². The van der Waals surface area contributed by atoms with E-state index in [-0.39, 0.29) is 17.2 Å². The summed E-state index contributed by atoms with van der Waals surface area (Å²) in [6.45, 7) is 3.21. The summed E-state index contributed by atoms with van der Waals surface area (Å²) >= 11 is 0. The molecule has 4 nitrogen and oxygen atoms in total. The molecule has 0 bridgehead atoms. The molecule has 0 atom stereocenters. The number of carbonyl (C=O) groups is 1. The van der Waals surface area contributed by atoms with Crippen LogP contribution in [0.1, 0.15) is 32.1 Å². The number of halogens is 1. The molecule has 22 heavy (non-hydrogen) atoms. The predicted molar refractivity (Wildman–Crippen MR) is 80.2 cm³/mol. The number of hydrogen-bond donors (Lipinski definition) is 1. The molecule has 1 amide bonds. The smallest absolute Gasteiger partial charge is 0.264 e. The standard InChI is InChI=1S/C17H21FN2O2/c18-13-4-1-2-5-14(13)22-17(8-9-17)15(21)19-16(6-7-16)12-20-10-3-11-20/h1-2,4-5H,3,6-12H2,(H,19,21). The van der Waals surface area contributed by atoms with E-state index in [9.17, 15) is 9.18 Å². The number of hydrogen-bond acceptors (Lipinski definition) is 3. The van der Waals surface area contributed by atoms with Crippen molar-refractivity contribution < 1.29 is 13.9 Å². The third-order valence-corrected chi connectivity index (χ3v) is 4.97. The van der Waals surface area contributed by atoms with Crippen molar-refractivity contribution >= 4 is 5.91 Å². The summed E-state index contributed by atoms with van der Waals surface area (Å²) in [7, 11) is 0. The Morgan fingerprint density at radius 1 is 1.23 bits per heavy atom. The van der Waals surface area contributed by atoms with Gasteiger partial charge in [0.2, 0.25) is 0 Å². The Hall–Kier alpha value is -1.62. The highest BCUT2D eigenvalue weighted by Gasteiger charge is 2.57. The van der Waals surface area contributed by atoms with E-state index in [4.69, 9.17) is 4.74 Å². The van der Waals surface area contributed by atoms with Crippen LogP contribution in [-0.2, 0) is 4.79 Å². The van der Waals surface area contributed by atoms with E-state index in [0.29, 0.717) is 12.8 Å². The van der Waals surface area contributed by atoms with Crippen LogP contribution in [0.15, 0.2) is 24.3 Å². The molecule has 1 aromatic carbocycles. The third-order valence-electron chi connectivity index (χ3n) is 4.97. The maximum atomic E-state index is 13.7. The molecule has 2 saturated carbocycles. The van der Waals surface area contributed by atoms with Crippen LogP contribution in [0.4, 0.5) is 4.39 Å². The second kappa shape index (κ2) is 4.95. The normalized spacial score (nSPS) is 24.2. The van der Waals surface area contributed by atoms with Gasteiger partial charge in [-0.3, -0.25) is 4.79 Å². The lowest BCUT2D eigenvalue weighted by atomic mass is 10.1. The Labute approximate surface area is 129 Å². The van der Waals surface area contributed by atoms with Crippen LogP contribution in [0.25, 0.3) is 0 Å². The first-order valence-electron chi connectivity index (χ1n) is 8.10. The van der Waals surface area contributed by atoms with Crippen LogP contribution >= 0.6 is 0 Å². The Kier molecular flexibility index (Phi) is 3.15. The number of carbonyl (C=O) groups excluding carboxylic acids is 1. The number of rotatable bonds is 6. The Balaban J connectivity index is 1.40. The second-order valence-electron chi connectivity index (χ2n) is 6.89. The van der Waals surface area contributed by atoms with Gasteiger partial charge in [0.05, 0.1) is 5.54 Å². The van der Waals surface area contributed by atoms with Crippen LogP contribution in [0.2, 0.25) is 0 Å². The van der Waals surface area contributed by atoms with Gasteiger partial charge in [-0.05, 0) is 44.5 Å². The van der Waals surface area contributed by atoms with Gasteiger partial charge >= 0.3 is 0 Å². The van der Waals surface area contributed by atoms with E-state index in [0.717, 1.165) is 32.5 Å². The topological polar surface area (TPSA) is 41.6 Å². The van der Waals surface area contributed by atoms with Crippen molar-refractivity contribution in [2.75, 3.05) is 19.6 Å². The molecule has 1 aliphatic heterocycles. The molecule has 1 aromatic rings. The second-order valence-corrected chi connectivity index (χ2v) is 6.89. The zero-order chi connectivity index (χ0) is 15.2. The fraction of sp³-hybridized carbons (Fsp3) is 0.588. The molecule has 0 spiro atoms. The highest BCUT2D eigenvalue weighted by Crippen LogP contribution is 2.44. The number of benzene rings is 1. The van der Waals surface area contributed by atoms with E-state index < -0.39 is 11.4 Å². The SMILES string of the molecule is O=C(NC1(CN2CCC2)CC1)C1(Oc2ccccc2F)CC1. The van der Waals surface area contributed by atoms with Crippen LogP contribution in [0.3, 0.4) is 0 Å². The fourth-order valence-corrected chi connectivity index (χ4v) is 3.02. The minimum atomic E-state index is -0.854. The maximum Gasteiger partial charge on any atom is 0.264 e. The Bertz CT molecular complexity index is 592. The van der Waals surface area contributed by atoms with E-state index in [1.165, 1.54) is 12.5 Å². The van der Waals surface area contributed by atoms with Crippen molar-refractivity contribution in [2.45, 2.75) is 43.2 Å². The molecule has 1 heterocycles. The van der Waals surface area contributed by atoms with Gasteiger partial charge in [0.25, 0.3) is 5.91 Å². The zero-order valence-electron chi connectivity index (χ0n) is 12.6. The Morgan fingerprint density at radius 2 is 1.95 bits per heavy atom. The van der Waals surface area contributed by atoms with Gasteiger partial charge in [-0.1, -0.05) is 12.1 Å². The van der Waals surface area contributed by atoms with Gasteiger partial charge in [-0.2, -0.15) is 0 Å². The van der Waals surface area contributed by atoms with Crippen molar-refractivity contribution in [3.63, 3.8) is 0 Å². The van der Waals surface area contributed by atoms with E-state index >= 15 is 0 Å². The third kappa shape index (κ3) is 2.58. The molecule has 0 aromatic heterocycles. The first kappa shape index (κ1) is 14.0. The summed E-state index contributed by atoms with van der Waals surface area (Å²) < 4.78 is 19.4. The molecule has 5 heteroatoms. The zero-order valence-corrected chi connectivity index (χ0v) is 12.6. The number of ether oxygens (including phenoxy) is 1. The fourth-order valence-electron chi connectivity index (χ4n) is 3.02. The van der Waals surface area contributed by atoms with Gasteiger partial charge < -0.3 is 15.0 Å². The van der Waals surface area contributed by atoms with Crippen molar-refractivity contribution in [1.29, 1.82) is 0 Å². The van der Waals surface area contributed by atoms with Crippen LogP contribution in [0.5, 0.6) is 5.75 Å². The maximum absolute atomic E-state index is 13.7. The first-order valence-corrected chi connectivity index (χ1v) is 8.10. The lowest BCUT2D eigenvalue weighted by molar-refractivity contribution is -0.131. The molecule has 1 saturated heterocycles. The average molecular weight is 304 g/mol. The lowest BCUT2D eigenvalue weighted by Crippen LogP contribution is -2.53. The molecule has 3 aliphatic rings. The molecule has 1 N–H and O–H groups in total. The average Bonchev–Trinajstić information content (AvgIpc) is 3.35. The minimum Gasteiger partial charge on any atom is -0.474 e. The molecule has 0 unspecified atom stereocenters. The lowest BCUT2D eigenvalue weighted by Gasteiger charge is -2.35.